The molecule has 0 aliphatic heterocycles. The summed E-state index contributed by atoms with van der Waals surface area (Å²) in [7, 11) is 0. The minimum Gasteiger partial charge on any atom is -0.503 e. The highest BCUT2D eigenvalue weighted by Gasteiger charge is 2.20. The molecule has 21 heavy (non-hydrogen) atoms. The number of rotatable bonds is 4. The molecule has 0 fully saturated rings. The Labute approximate surface area is 120 Å². The summed E-state index contributed by atoms with van der Waals surface area (Å²) >= 11 is 0. The summed E-state index contributed by atoms with van der Waals surface area (Å²) in [5, 5.41) is 21.6. The molecule has 0 aliphatic carbocycles. The quantitative estimate of drug-likeness (QED) is 0.513. The molecule has 0 saturated heterocycles. The molecule has 0 radical (unpaired) electrons. The molecular weight excluding hydrogens is 275 g/mol. The van der Waals surface area contributed by atoms with E-state index in [2.05, 4.69) is 5.32 Å². The maximum Gasteiger partial charge on any atom is 0.336 e. The van der Waals surface area contributed by atoms with Crippen LogP contribution in [0.2, 0.25) is 0 Å². The molecule has 0 bridgehead atoms. The van der Waals surface area contributed by atoms with Gasteiger partial charge in [-0.05, 0) is 24.6 Å². The standard InChI is InChI=1S/C15H15FN2O3/c1-8-4-2-3-5-12(8)18-7-10-9(15(20)21)6-11(17)14(19)13(10)16/h2-6,18-19H,7,17H2,1H3,(H,20,21). The highest BCUT2D eigenvalue weighted by Crippen LogP contribution is 2.30. The van der Waals surface area contributed by atoms with Gasteiger partial charge in [0.2, 0.25) is 0 Å². The zero-order chi connectivity index (χ0) is 15.6. The number of phenolic OH excluding ortho intramolecular Hbond substituents is 1. The van der Waals surface area contributed by atoms with E-state index < -0.39 is 17.5 Å². The van der Waals surface area contributed by atoms with Gasteiger partial charge >= 0.3 is 5.97 Å². The second kappa shape index (κ2) is 5.70. The van der Waals surface area contributed by atoms with E-state index >= 15 is 0 Å². The van der Waals surface area contributed by atoms with Crippen molar-refractivity contribution < 1.29 is 19.4 Å². The Morgan fingerprint density at radius 2 is 2.05 bits per heavy atom. The van der Waals surface area contributed by atoms with E-state index in [-0.39, 0.29) is 23.4 Å². The summed E-state index contributed by atoms with van der Waals surface area (Å²) in [4.78, 5) is 11.2. The Morgan fingerprint density at radius 3 is 2.67 bits per heavy atom. The van der Waals surface area contributed by atoms with Crippen LogP contribution in [-0.4, -0.2) is 16.2 Å². The molecule has 0 aliphatic rings. The van der Waals surface area contributed by atoms with Crippen LogP contribution in [0.5, 0.6) is 5.75 Å². The molecule has 5 nitrogen and oxygen atoms in total. The van der Waals surface area contributed by atoms with Crippen molar-refractivity contribution in [1.82, 2.24) is 0 Å². The number of carboxylic acid groups (broad SMARTS) is 1. The smallest absolute Gasteiger partial charge is 0.336 e. The number of aromatic hydroxyl groups is 1. The van der Waals surface area contributed by atoms with E-state index in [0.29, 0.717) is 0 Å². The number of benzene rings is 2. The number of aromatic carboxylic acids is 1. The predicted octanol–water partition coefficient (Wildman–Crippen LogP) is 2.73. The third-order valence-corrected chi connectivity index (χ3v) is 3.20. The number of aryl methyl sites for hydroxylation is 1. The van der Waals surface area contributed by atoms with Crippen molar-refractivity contribution in [3.05, 3.63) is 52.8 Å². The van der Waals surface area contributed by atoms with Gasteiger partial charge in [-0.2, -0.15) is 0 Å². The van der Waals surface area contributed by atoms with E-state index in [1.807, 2.05) is 25.1 Å². The molecular formula is C15H15FN2O3. The molecule has 0 amide bonds. The summed E-state index contributed by atoms with van der Waals surface area (Å²) in [5.74, 6) is -3.06. The first-order valence-corrected chi connectivity index (χ1v) is 6.24. The summed E-state index contributed by atoms with van der Waals surface area (Å²) in [6.07, 6.45) is 0. The lowest BCUT2D eigenvalue weighted by Gasteiger charge is -2.14. The first-order valence-electron chi connectivity index (χ1n) is 6.24. The Kier molecular flexibility index (Phi) is 3.98. The van der Waals surface area contributed by atoms with Crippen molar-refractivity contribution in [2.45, 2.75) is 13.5 Å². The lowest BCUT2D eigenvalue weighted by atomic mass is 10.0. The zero-order valence-corrected chi connectivity index (χ0v) is 11.4. The number of nitrogens with two attached hydrogens (primary N) is 1. The Bertz CT molecular complexity index is 702. The van der Waals surface area contributed by atoms with Gasteiger partial charge in [0, 0.05) is 17.8 Å². The third-order valence-electron chi connectivity index (χ3n) is 3.20. The first kappa shape index (κ1) is 14.6. The van der Waals surface area contributed by atoms with Gasteiger partial charge in [-0.1, -0.05) is 18.2 Å². The van der Waals surface area contributed by atoms with Crippen LogP contribution in [0.1, 0.15) is 21.5 Å². The predicted molar refractivity (Wildman–Crippen MR) is 77.9 cm³/mol. The summed E-state index contributed by atoms with van der Waals surface area (Å²) in [6.45, 7) is 1.80. The fourth-order valence-corrected chi connectivity index (χ4v) is 2.02. The molecule has 0 atom stereocenters. The lowest BCUT2D eigenvalue weighted by molar-refractivity contribution is 0.0695. The van der Waals surface area contributed by atoms with Crippen LogP contribution < -0.4 is 11.1 Å². The van der Waals surface area contributed by atoms with E-state index in [1.54, 1.807) is 6.07 Å². The Hall–Kier alpha value is -2.76. The van der Waals surface area contributed by atoms with Crippen LogP contribution in [0, 0.1) is 12.7 Å². The summed E-state index contributed by atoms with van der Waals surface area (Å²) < 4.78 is 14.1. The van der Waals surface area contributed by atoms with Gasteiger partial charge in [0.1, 0.15) is 0 Å². The van der Waals surface area contributed by atoms with Crippen LogP contribution in [0.25, 0.3) is 0 Å². The van der Waals surface area contributed by atoms with Crippen molar-refractivity contribution >= 4 is 17.3 Å². The molecule has 0 unspecified atom stereocenters. The minimum atomic E-state index is -1.30. The van der Waals surface area contributed by atoms with Crippen molar-refractivity contribution in [3.63, 3.8) is 0 Å². The normalized spacial score (nSPS) is 10.4. The molecule has 0 spiro atoms. The zero-order valence-electron chi connectivity index (χ0n) is 11.4. The Balaban J connectivity index is 2.38. The maximum absolute atomic E-state index is 14.1. The van der Waals surface area contributed by atoms with Crippen LogP contribution in [-0.2, 0) is 6.54 Å². The maximum atomic E-state index is 14.1. The number of hydrogen-bond donors (Lipinski definition) is 4. The number of carboxylic acids is 1. The minimum absolute atomic E-state index is 0.0772. The number of anilines is 2. The van der Waals surface area contributed by atoms with Gasteiger partial charge in [-0.15, -0.1) is 0 Å². The molecule has 2 aromatic rings. The highest BCUT2D eigenvalue weighted by molar-refractivity contribution is 5.91. The number of nitrogens with one attached hydrogen (secondary N) is 1. The average Bonchev–Trinajstić information content (AvgIpc) is 2.45. The largest absolute Gasteiger partial charge is 0.503 e. The first-order chi connectivity index (χ1) is 9.91. The molecule has 0 saturated carbocycles. The fraction of sp³-hybridized carbons (Fsp3) is 0.133. The van der Waals surface area contributed by atoms with Gasteiger partial charge in [-0.3, -0.25) is 0 Å². The van der Waals surface area contributed by atoms with Crippen molar-refractivity contribution in [1.29, 1.82) is 0 Å². The van der Waals surface area contributed by atoms with E-state index in [9.17, 15) is 14.3 Å². The topological polar surface area (TPSA) is 95.6 Å². The average molecular weight is 290 g/mol. The van der Waals surface area contributed by atoms with Gasteiger partial charge in [0.05, 0.1) is 11.3 Å². The van der Waals surface area contributed by atoms with Crippen LogP contribution in [0.3, 0.4) is 0 Å². The molecule has 110 valence electrons. The van der Waals surface area contributed by atoms with Gasteiger partial charge in [-0.25, -0.2) is 9.18 Å². The summed E-state index contributed by atoms with van der Waals surface area (Å²) in [6, 6.07) is 8.39. The van der Waals surface area contributed by atoms with Crippen LogP contribution in [0.15, 0.2) is 30.3 Å². The molecule has 0 heterocycles. The fourth-order valence-electron chi connectivity index (χ4n) is 2.02. The molecule has 2 aromatic carbocycles. The Morgan fingerprint density at radius 1 is 1.38 bits per heavy atom. The van der Waals surface area contributed by atoms with E-state index in [0.717, 1.165) is 17.3 Å². The second-order valence-corrected chi connectivity index (χ2v) is 4.63. The van der Waals surface area contributed by atoms with Crippen LogP contribution >= 0.6 is 0 Å². The van der Waals surface area contributed by atoms with Crippen LogP contribution in [0.4, 0.5) is 15.8 Å². The molecule has 5 N–H and O–H groups in total. The van der Waals surface area contributed by atoms with Crippen molar-refractivity contribution in [2.75, 3.05) is 11.1 Å². The summed E-state index contributed by atoms with van der Waals surface area (Å²) in [5.41, 5.74) is 6.36. The number of halogens is 1. The number of nitrogen functional groups attached to an aromatic ring is 1. The van der Waals surface area contributed by atoms with E-state index in [4.69, 9.17) is 10.8 Å². The van der Waals surface area contributed by atoms with E-state index in [1.165, 1.54) is 0 Å². The number of hydrogen-bond acceptors (Lipinski definition) is 4. The number of para-hydroxylation sites is 1. The lowest BCUT2D eigenvalue weighted by Crippen LogP contribution is -2.11. The third kappa shape index (κ3) is 2.89. The van der Waals surface area contributed by atoms with Gasteiger partial charge in [0.15, 0.2) is 11.6 Å². The van der Waals surface area contributed by atoms with Crippen molar-refractivity contribution in [2.24, 2.45) is 0 Å². The van der Waals surface area contributed by atoms with Crippen molar-refractivity contribution in [3.8, 4) is 5.75 Å². The van der Waals surface area contributed by atoms with Gasteiger partial charge in [0.25, 0.3) is 0 Å². The second-order valence-electron chi connectivity index (χ2n) is 4.63. The van der Waals surface area contributed by atoms with Gasteiger partial charge < -0.3 is 21.3 Å². The highest BCUT2D eigenvalue weighted by atomic mass is 19.1. The number of carbonyl (C=O) groups is 1. The SMILES string of the molecule is Cc1ccccc1NCc1c(C(=O)O)cc(N)c(O)c1F. The molecule has 6 heteroatoms. The monoisotopic (exact) mass is 290 g/mol. The molecule has 0 aromatic heterocycles. The number of phenols is 1. The molecule has 2 rings (SSSR count).